The van der Waals surface area contributed by atoms with Gasteiger partial charge in [0.1, 0.15) is 24.0 Å². The summed E-state index contributed by atoms with van der Waals surface area (Å²) in [4.78, 5) is 20.3. The van der Waals surface area contributed by atoms with Crippen LogP contribution in [0.2, 0.25) is 0 Å². The van der Waals surface area contributed by atoms with Gasteiger partial charge in [-0.25, -0.2) is 15.0 Å². The van der Waals surface area contributed by atoms with Crippen LogP contribution in [0.3, 0.4) is 0 Å². The minimum Gasteiger partial charge on any atom is -0.497 e. The molecule has 0 amide bonds. The number of rotatable bonds is 8. The molecular formula is C23H32ClN5O2. The molecule has 31 heavy (non-hydrogen) atoms. The third kappa shape index (κ3) is 5.39. The molecule has 1 fully saturated rings. The first-order valence-electron chi connectivity index (χ1n) is 10.8. The average molecular weight is 446 g/mol. The molecule has 1 atom stereocenters. The van der Waals surface area contributed by atoms with Crippen molar-refractivity contribution in [3.05, 3.63) is 42.0 Å². The van der Waals surface area contributed by atoms with Crippen LogP contribution in [0.4, 0.5) is 5.82 Å². The van der Waals surface area contributed by atoms with E-state index in [2.05, 4.69) is 43.2 Å². The predicted octanol–water partition coefficient (Wildman–Crippen LogP) is 4.75. The summed E-state index contributed by atoms with van der Waals surface area (Å²) in [5.74, 6) is 3.40. The monoisotopic (exact) mass is 445 g/mol. The maximum absolute atomic E-state index is 6.17. The standard InChI is InChI=1S/C23H31N5O2.ClH/c1-15(2)21-26-20-22(25-16(3)13-17-9-11-18(29-4)12-10-17)24-14-28(23(20)27-21)30-19-7-5-6-8-19;/h9-12,14-16,19,25H,5-8,13H2,1-4H3;1H. The van der Waals surface area contributed by atoms with Crippen LogP contribution < -0.4 is 14.9 Å². The number of methoxy groups -OCH3 is 1. The van der Waals surface area contributed by atoms with Crippen LogP contribution in [0, 0.1) is 0 Å². The average Bonchev–Trinajstić information content (AvgIpc) is 3.40. The number of aromatic nitrogens is 4. The van der Waals surface area contributed by atoms with Crippen LogP contribution in [-0.2, 0) is 6.42 Å². The minimum atomic E-state index is 0. The fraction of sp³-hybridized carbons (Fsp3) is 0.522. The third-order valence-corrected chi connectivity index (χ3v) is 5.55. The SMILES string of the molecule is COc1ccc(CC(C)Nc2ncn(OC3CCCC3)c3nc(C(C)C)nc2-3)cc1.Cl. The van der Waals surface area contributed by atoms with E-state index in [1.54, 1.807) is 18.2 Å². The Balaban J connectivity index is 0.00000272. The van der Waals surface area contributed by atoms with E-state index in [-0.39, 0.29) is 30.5 Å². The molecule has 7 nitrogen and oxygen atoms in total. The van der Waals surface area contributed by atoms with Gasteiger partial charge in [-0.05, 0) is 56.7 Å². The fourth-order valence-corrected chi connectivity index (χ4v) is 3.88. The van der Waals surface area contributed by atoms with Crippen molar-refractivity contribution >= 4 is 18.2 Å². The fourth-order valence-electron chi connectivity index (χ4n) is 3.88. The number of hydrogen-bond donors (Lipinski definition) is 1. The lowest BCUT2D eigenvalue weighted by Gasteiger charge is -2.20. The predicted molar refractivity (Wildman–Crippen MR) is 124 cm³/mol. The summed E-state index contributed by atoms with van der Waals surface area (Å²) in [6.07, 6.45) is 7.42. The summed E-state index contributed by atoms with van der Waals surface area (Å²) in [5, 5.41) is 3.52. The van der Waals surface area contributed by atoms with Gasteiger partial charge >= 0.3 is 0 Å². The lowest BCUT2D eigenvalue weighted by Crippen LogP contribution is -2.26. The second-order valence-electron chi connectivity index (χ2n) is 8.44. The number of nitrogens with one attached hydrogen (secondary N) is 1. The molecule has 4 rings (SSSR count). The van der Waals surface area contributed by atoms with E-state index < -0.39 is 0 Å². The first-order chi connectivity index (χ1) is 14.5. The molecule has 1 aromatic carbocycles. The van der Waals surface area contributed by atoms with Gasteiger partial charge in [0.2, 0.25) is 5.82 Å². The van der Waals surface area contributed by atoms with Gasteiger partial charge in [-0.1, -0.05) is 26.0 Å². The van der Waals surface area contributed by atoms with Crippen LogP contribution in [0.15, 0.2) is 30.6 Å². The molecule has 0 radical (unpaired) electrons. The summed E-state index contributed by atoms with van der Waals surface area (Å²) < 4.78 is 6.96. The van der Waals surface area contributed by atoms with Crippen molar-refractivity contribution in [2.24, 2.45) is 0 Å². The summed E-state index contributed by atoms with van der Waals surface area (Å²) >= 11 is 0. The van der Waals surface area contributed by atoms with Gasteiger partial charge in [0, 0.05) is 12.0 Å². The Hall–Kier alpha value is -2.54. The topological polar surface area (TPSA) is 74.1 Å². The van der Waals surface area contributed by atoms with Crippen molar-refractivity contribution in [2.45, 2.75) is 70.9 Å². The number of anilines is 1. The molecule has 0 saturated heterocycles. The van der Waals surface area contributed by atoms with Crippen LogP contribution in [0.1, 0.15) is 63.8 Å². The molecule has 0 spiro atoms. The molecule has 1 saturated carbocycles. The van der Waals surface area contributed by atoms with Crippen molar-refractivity contribution in [1.82, 2.24) is 19.7 Å². The molecule has 0 aromatic heterocycles. The summed E-state index contributed by atoms with van der Waals surface area (Å²) in [5.41, 5.74) is 2.00. The highest BCUT2D eigenvalue weighted by Crippen LogP contribution is 2.29. The Kier molecular flexibility index (Phi) is 7.59. The normalized spacial score (nSPS) is 15.1. The van der Waals surface area contributed by atoms with Crippen molar-refractivity contribution in [3.8, 4) is 17.3 Å². The van der Waals surface area contributed by atoms with Gasteiger partial charge in [-0.2, -0.15) is 4.73 Å². The molecule has 2 heterocycles. The molecule has 1 aliphatic carbocycles. The van der Waals surface area contributed by atoms with Gasteiger partial charge in [0.05, 0.1) is 7.11 Å². The second-order valence-corrected chi connectivity index (χ2v) is 8.44. The molecule has 1 N–H and O–H groups in total. The van der Waals surface area contributed by atoms with Gasteiger partial charge in [-0.3, -0.25) is 0 Å². The smallest absolute Gasteiger partial charge is 0.201 e. The van der Waals surface area contributed by atoms with E-state index >= 15 is 0 Å². The molecule has 1 unspecified atom stereocenters. The highest BCUT2D eigenvalue weighted by molar-refractivity contribution is 5.85. The number of fused-ring (bicyclic) bond motifs is 1. The van der Waals surface area contributed by atoms with E-state index in [1.807, 2.05) is 12.1 Å². The Labute approximate surface area is 190 Å². The van der Waals surface area contributed by atoms with Crippen LogP contribution >= 0.6 is 12.4 Å². The first-order valence-corrected chi connectivity index (χ1v) is 10.8. The van der Waals surface area contributed by atoms with Gasteiger partial charge in [-0.15, -0.1) is 12.4 Å². The van der Waals surface area contributed by atoms with Gasteiger partial charge in [0.15, 0.2) is 11.5 Å². The van der Waals surface area contributed by atoms with E-state index in [1.165, 1.54) is 18.4 Å². The van der Waals surface area contributed by atoms with E-state index in [0.717, 1.165) is 48.2 Å². The highest BCUT2D eigenvalue weighted by atomic mass is 35.5. The molecule has 3 aliphatic rings. The Morgan fingerprint density at radius 3 is 2.45 bits per heavy atom. The second kappa shape index (κ2) is 10.2. The summed E-state index contributed by atoms with van der Waals surface area (Å²) in [7, 11) is 1.68. The zero-order valence-electron chi connectivity index (χ0n) is 18.7. The lowest BCUT2D eigenvalue weighted by atomic mass is 10.1. The van der Waals surface area contributed by atoms with Crippen LogP contribution in [-0.4, -0.2) is 38.9 Å². The van der Waals surface area contributed by atoms with Gasteiger partial charge < -0.3 is 14.9 Å². The number of hydrogen-bond acceptors (Lipinski definition) is 6. The molecular weight excluding hydrogens is 414 g/mol. The van der Waals surface area contributed by atoms with Crippen molar-refractivity contribution < 1.29 is 9.57 Å². The number of benzene rings is 1. The molecule has 0 bridgehead atoms. The zero-order chi connectivity index (χ0) is 21.1. The zero-order valence-corrected chi connectivity index (χ0v) is 19.5. The maximum atomic E-state index is 6.17. The van der Waals surface area contributed by atoms with Crippen molar-refractivity contribution in [1.29, 1.82) is 0 Å². The lowest BCUT2D eigenvalue weighted by molar-refractivity contribution is 0.0403. The number of nitrogens with zero attached hydrogens (tertiary/aromatic N) is 4. The van der Waals surface area contributed by atoms with E-state index in [9.17, 15) is 0 Å². The third-order valence-electron chi connectivity index (χ3n) is 5.55. The van der Waals surface area contributed by atoms with E-state index in [4.69, 9.17) is 19.5 Å². The Morgan fingerprint density at radius 1 is 1.10 bits per heavy atom. The largest absolute Gasteiger partial charge is 0.497 e. The Bertz CT molecular complexity index is 938. The van der Waals surface area contributed by atoms with Crippen molar-refractivity contribution in [2.75, 3.05) is 12.4 Å². The van der Waals surface area contributed by atoms with Crippen molar-refractivity contribution in [3.63, 3.8) is 0 Å². The van der Waals surface area contributed by atoms with Crippen LogP contribution in [0.25, 0.3) is 11.5 Å². The molecule has 168 valence electrons. The Morgan fingerprint density at radius 2 is 1.81 bits per heavy atom. The number of halogens is 1. The summed E-state index contributed by atoms with van der Waals surface area (Å²) in [6.45, 7) is 6.35. The number of imidazole rings is 1. The summed E-state index contributed by atoms with van der Waals surface area (Å²) in [6, 6.07) is 8.34. The maximum Gasteiger partial charge on any atom is 0.201 e. The van der Waals surface area contributed by atoms with Gasteiger partial charge in [0.25, 0.3) is 0 Å². The highest BCUT2D eigenvalue weighted by Gasteiger charge is 2.25. The van der Waals surface area contributed by atoms with Crippen LogP contribution in [0.5, 0.6) is 5.75 Å². The molecule has 2 aliphatic heterocycles. The minimum absolute atomic E-state index is 0. The quantitative estimate of drug-likeness (QED) is 0.539. The first kappa shape index (κ1) is 23.1. The molecule has 8 heteroatoms. The molecule has 1 aromatic rings. The van der Waals surface area contributed by atoms with E-state index in [0.29, 0.717) is 0 Å². The number of ether oxygens (including phenoxy) is 1.